The summed E-state index contributed by atoms with van der Waals surface area (Å²) in [5, 5.41) is 11.6. The summed E-state index contributed by atoms with van der Waals surface area (Å²) in [6.07, 6.45) is 3.29. The van der Waals surface area contributed by atoms with E-state index in [4.69, 9.17) is 4.74 Å². The first kappa shape index (κ1) is 11.1. The van der Waals surface area contributed by atoms with Gasteiger partial charge >= 0.3 is 0 Å². The van der Waals surface area contributed by atoms with Crippen molar-refractivity contribution in [2.75, 3.05) is 13.2 Å². The predicted molar refractivity (Wildman–Crippen MR) is 62.2 cm³/mol. The number of hydrogen-bond acceptors (Lipinski definition) is 3. The van der Waals surface area contributed by atoms with Gasteiger partial charge in [-0.3, -0.25) is 0 Å². The van der Waals surface area contributed by atoms with Crippen LogP contribution in [0.3, 0.4) is 0 Å². The van der Waals surface area contributed by atoms with Gasteiger partial charge in [0.1, 0.15) is 0 Å². The van der Waals surface area contributed by atoms with Crippen molar-refractivity contribution in [1.82, 2.24) is 0 Å². The van der Waals surface area contributed by atoms with Gasteiger partial charge in [0.2, 0.25) is 0 Å². The Bertz CT molecular complexity index is 297. The van der Waals surface area contributed by atoms with Crippen molar-refractivity contribution in [3.8, 4) is 0 Å². The minimum atomic E-state index is 0.00396. The summed E-state index contributed by atoms with van der Waals surface area (Å²) in [7, 11) is 0. The molecule has 1 N–H and O–H groups in total. The molecule has 0 amide bonds. The van der Waals surface area contributed by atoms with Crippen molar-refractivity contribution in [1.29, 1.82) is 0 Å². The second kappa shape index (κ2) is 4.64. The maximum atomic E-state index is 9.54. The van der Waals surface area contributed by atoms with Gasteiger partial charge in [-0.15, -0.1) is 11.3 Å². The number of rotatable bonds is 4. The molecule has 2 nitrogen and oxygen atoms in total. The van der Waals surface area contributed by atoms with Gasteiger partial charge in [-0.2, -0.15) is 0 Å². The van der Waals surface area contributed by atoms with E-state index in [0.717, 1.165) is 25.9 Å². The highest BCUT2D eigenvalue weighted by molar-refractivity contribution is 7.09. The van der Waals surface area contributed by atoms with Crippen LogP contribution in [-0.2, 0) is 11.2 Å². The molecule has 1 saturated heterocycles. The summed E-state index contributed by atoms with van der Waals surface area (Å²) in [4.78, 5) is 1.40. The number of aliphatic hydroxyl groups excluding tert-OH is 1. The molecule has 1 aromatic rings. The van der Waals surface area contributed by atoms with Crippen molar-refractivity contribution >= 4 is 11.3 Å². The van der Waals surface area contributed by atoms with Gasteiger partial charge in [0.05, 0.1) is 12.7 Å². The van der Waals surface area contributed by atoms with Gasteiger partial charge in [0, 0.05) is 16.9 Å². The molecule has 0 aromatic carbocycles. The molecule has 1 fully saturated rings. The molecule has 0 saturated carbocycles. The molecule has 1 aromatic heterocycles. The van der Waals surface area contributed by atoms with Crippen LogP contribution in [0.1, 0.15) is 24.6 Å². The summed E-state index contributed by atoms with van der Waals surface area (Å²) in [6, 6.07) is 4.25. The zero-order valence-electron chi connectivity index (χ0n) is 9.11. The minimum Gasteiger partial charge on any atom is -0.396 e. The largest absolute Gasteiger partial charge is 0.396 e. The van der Waals surface area contributed by atoms with Crippen LogP contribution >= 0.6 is 11.3 Å². The fourth-order valence-corrected chi connectivity index (χ4v) is 2.97. The van der Waals surface area contributed by atoms with Crippen molar-refractivity contribution in [3.05, 3.63) is 22.4 Å². The fraction of sp³-hybridized carbons (Fsp3) is 0.667. The molecule has 0 bridgehead atoms. The average molecular weight is 226 g/mol. The lowest BCUT2D eigenvalue weighted by atomic mass is 9.78. The van der Waals surface area contributed by atoms with Crippen LogP contribution in [0.2, 0.25) is 0 Å². The van der Waals surface area contributed by atoms with Crippen molar-refractivity contribution in [2.24, 2.45) is 5.41 Å². The van der Waals surface area contributed by atoms with Gasteiger partial charge < -0.3 is 9.84 Å². The van der Waals surface area contributed by atoms with Crippen LogP contribution in [0.4, 0.5) is 0 Å². The highest BCUT2D eigenvalue weighted by Gasteiger charge is 2.40. The van der Waals surface area contributed by atoms with Crippen LogP contribution in [0, 0.1) is 5.41 Å². The highest BCUT2D eigenvalue weighted by Crippen LogP contribution is 2.39. The molecule has 1 aliphatic rings. The lowest BCUT2D eigenvalue weighted by Gasteiger charge is -2.29. The molecule has 2 atom stereocenters. The number of aryl methyl sites for hydroxylation is 1. The Kier molecular flexibility index (Phi) is 3.44. The lowest BCUT2D eigenvalue weighted by Crippen LogP contribution is -2.33. The van der Waals surface area contributed by atoms with E-state index in [-0.39, 0.29) is 18.1 Å². The average Bonchev–Trinajstić information content (AvgIpc) is 2.85. The summed E-state index contributed by atoms with van der Waals surface area (Å²) >= 11 is 1.79. The first-order valence-corrected chi connectivity index (χ1v) is 6.40. The third kappa shape index (κ3) is 2.25. The van der Waals surface area contributed by atoms with E-state index < -0.39 is 0 Å². The summed E-state index contributed by atoms with van der Waals surface area (Å²) in [5.41, 5.74) is 0.00396. The zero-order valence-corrected chi connectivity index (χ0v) is 9.93. The third-order valence-electron chi connectivity index (χ3n) is 3.59. The molecule has 0 radical (unpaired) electrons. The van der Waals surface area contributed by atoms with Crippen LogP contribution < -0.4 is 0 Å². The Morgan fingerprint density at radius 2 is 2.53 bits per heavy atom. The van der Waals surface area contributed by atoms with Crippen LogP contribution in [-0.4, -0.2) is 24.4 Å². The summed E-state index contributed by atoms with van der Waals surface area (Å²) in [6.45, 7) is 3.13. The molecule has 2 unspecified atom stereocenters. The Labute approximate surface area is 94.9 Å². The molecule has 2 rings (SSSR count). The van der Waals surface area contributed by atoms with Gasteiger partial charge in [-0.05, 0) is 37.6 Å². The van der Waals surface area contributed by atoms with E-state index in [9.17, 15) is 5.11 Å². The van der Waals surface area contributed by atoms with E-state index in [1.54, 1.807) is 11.3 Å². The molecule has 1 aliphatic heterocycles. The minimum absolute atomic E-state index is 0.00396. The molecular formula is C12H18O2S. The number of hydrogen-bond donors (Lipinski definition) is 1. The first-order chi connectivity index (χ1) is 7.27. The second-order valence-electron chi connectivity index (χ2n) is 4.36. The van der Waals surface area contributed by atoms with E-state index in [1.807, 2.05) is 0 Å². The maximum absolute atomic E-state index is 9.54. The van der Waals surface area contributed by atoms with Gasteiger partial charge in [-0.25, -0.2) is 0 Å². The number of aliphatic hydroxyl groups is 1. The Morgan fingerprint density at radius 3 is 3.07 bits per heavy atom. The first-order valence-electron chi connectivity index (χ1n) is 5.52. The lowest BCUT2D eigenvalue weighted by molar-refractivity contribution is 0.0221. The standard InChI is InChI=1S/C12H18O2S/c1-10-12(9-13,6-7-14-10)5-4-11-3-2-8-15-11/h2-3,8,10,13H,4-7,9H2,1H3. The SMILES string of the molecule is CC1OCCC1(CO)CCc1cccs1. The van der Waals surface area contributed by atoms with Gasteiger partial charge in [0.15, 0.2) is 0 Å². The summed E-state index contributed by atoms with van der Waals surface area (Å²) < 4.78 is 5.57. The van der Waals surface area contributed by atoms with E-state index in [0.29, 0.717) is 0 Å². The Balaban J connectivity index is 1.96. The summed E-state index contributed by atoms with van der Waals surface area (Å²) in [5.74, 6) is 0. The molecule has 84 valence electrons. The molecule has 0 spiro atoms. The predicted octanol–water partition coefficient (Wildman–Crippen LogP) is 2.47. The van der Waals surface area contributed by atoms with E-state index in [2.05, 4.69) is 24.4 Å². The topological polar surface area (TPSA) is 29.5 Å². The molecule has 15 heavy (non-hydrogen) atoms. The van der Waals surface area contributed by atoms with Crippen molar-refractivity contribution in [2.45, 2.75) is 32.3 Å². The molecule has 3 heteroatoms. The second-order valence-corrected chi connectivity index (χ2v) is 5.40. The number of ether oxygens (including phenoxy) is 1. The highest BCUT2D eigenvalue weighted by atomic mass is 32.1. The monoisotopic (exact) mass is 226 g/mol. The fourth-order valence-electron chi connectivity index (χ4n) is 2.26. The quantitative estimate of drug-likeness (QED) is 0.854. The van der Waals surface area contributed by atoms with Gasteiger partial charge in [0.25, 0.3) is 0 Å². The zero-order chi connectivity index (χ0) is 10.7. The van der Waals surface area contributed by atoms with Crippen LogP contribution in [0.25, 0.3) is 0 Å². The number of thiophene rings is 1. The normalized spacial score (nSPS) is 30.9. The Hall–Kier alpha value is -0.380. The Morgan fingerprint density at radius 1 is 1.67 bits per heavy atom. The van der Waals surface area contributed by atoms with Crippen LogP contribution in [0.15, 0.2) is 17.5 Å². The van der Waals surface area contributed by atoms with Crippen molar-refractivity contribution < 1.29 is 9.84 Å². The van der Waals surface area contributed by atoms with Crippen LogP contribution in [0.5, 0.6) is 0 Å². The molecule has 0 aliphatic carbocycles. The van der Waals surface area contributed by atoms with Crippen molar-refractivity contribution in [3.63, 3.8) is 0 Å². The third-order valence-corrected chi connectivity index (χ3v) is 4.53. The van der Waals surface area contributed by atoms with E-state index in [1.165, 1.54) is 4.88 Å². The molecule has 2 heterocycles. The maximum Gasteiger partial charge on any atom is 0.0626 e. The molecular weight excluding hydrogens is 208 g/mol. The van der Waals surface area contributed by atoms with Gasteiger partial charge in [-0.1, -0.05) is 6.07 Å². The van der Waals surface area contributed by atoms with E-state index >= 15 is 0 Å². The smallest absolute Gasteiger partial charge is 0.0626 e.